The van der Waals surface area contributed by atoms with E-state index in [9.17, 15) is 4.79 Å². The number of aromatic nitrogens is 2. The highest BCUT2D eigenvalue weighted by atomic mass is 16.1. The molecule has 0 fully saturated rings. The molecule has 1 unspecified atom stereocenters. The summed E-state index contributed by atoms with van der Waals surface area (Å²) in [4.78, 5) is 11.9. The standard InChI is InChI=1S/C13H14N4O/c18-13(17-10-7-15-16-8-10)5-9-6-14-12-4-2-1-3-11(9)12/h1-4,7-9,14H,5-6H2,(H,15,16)(H,17,18). The number of fused-ring (bicyclic) bond motifs is 1. The van der Waals surface area contributed by atoms with Gasteiger partial charge in [0.25, 0.3) is 0 Å². The Morgan fingerprint density at radius 3 is 3.17 bits per heavy atom. The van der Waals surface area contributed by atoms with Crippen LogP contribution in [0.4, 0.5) is 11.4 Å². The molecule has 0 spiro atoms. The van der Waals surface area contributed by atoms with E-state index in [0.717, 1.165) is 12.2 Å². The molecule has 1 aromatic heterocycles. The van der Waals surface area contributed by atoms with Crippen molar-refractivity contribution in [3.63, 3.8) is 0 Å². The first kappa shape index (κ1) is 10.8. The molecule has 0 bridgehead atoms. The molecular formula is C13H14N4O. The number of aromatic amines is 1. The summed E-state index contributed by atoms with van der Waals surface area (Å²) in [7, 11) is 0. The van der Waals surface area contributed by atoms with E-state index in [1.54, 1.807) is 12.4 Å². The molecule has 0 aliphatic carbocycles. The Hall–Kier alpha value is -2.30. The highest BCUT2D eigenvalue weighted by Gasteiger charge is 2.23. The third-order valence-corrected chi connectivity index (χ3v) is 3.15. The van der Waals surface area contributed by atoms with E-state index >= 15 is 0 Å². The van der Waals surface area contributed by atoms with Gasteiger partial charge < -0.3 is 10.6 Å². The van der Waals surface area contributed by atoms with Gasteiger partial charge >= 0.3 is 0 Å². The molecule has 5 heteroatoms. The summed E-state index contributed by atoms with van der Waals surface area (Å²) in [5.41, 5.74) is 3.07. The number of nitrogens with zero attached hydrogens (tertiary/aromatic N) is 1. The number of carbonyl (C=O) groups is 1. The van der Waals surface area contributed by atoms with Crippen LogP contribution in [-0.2, 0) is 4.79 Å². The fourth-order valence-electron chi connectivity index (χ4n) is 2.29. The van der Waals surface area contributed by atoms with Gasteiger partial charge in [0.2, 0.25) is 5.91 Å². The fraction of sp³-hybridized carbons (Fsp3) is 0.231. The minimum absolute atomic E-state index is 0.0138. The summed E-state index contributed by atoms with van der Waals surface area (Å²) in [5, 5.41) is 12.6. The normalized spacial score (nSPS) is 17.0. The van der Waals surface area contributed by atoms with E-state index in [1.165, 1.54) is 5.56 Å². The second-order valence-corrected chi connectivity index (χ2v) is 4.40. The van der Waals surface area contributed by atoms with Crippen LogP contribution in [0.1, 0.15) is 17.9 Å². The maximum atomic E-state index is 11.9. The second-order valence-electron chi connectivity index (χ2n) is 4.40. The quantitative estimate of drug-likeness (QED) is 0.770. The number of hydrogen-bond donors (Lipinski definition) is 3. The summed E-state index contributed by atoms with van der Waals surface area (Å²) in [6.45, 7) is 0.818. The van der Waals surface area contributed by atoms with Crippen LogP contribution < -0.4 is 10.6 Å². The van der Waals surface area contributed by atoms with E-state index in [-0.39, 0.29) is 11.8 Å². The Morgan fingerprint density at radius 2 is 2.33 bits per heavy atom. The van der Waals surface area contributed by atoms with Gasteiger partial charge in [-0.3, -0.25) is 9.89 Å². The van der Waals surface area contributed by atoms with Gasteiger partial charge in [0.05, 0.1) is 11.9 Å². The third-order valence-electron chi connectivity index (χ3n) is 3.15. The van der Waals surface area contributed by atoms with Crippen molar-refractivity contribution >= 4 is 17.3 Å². The highest BCUT2D eigenvalue weighted by Crippen LogP contribution is 2.33. The number of hydrogen-bond acceptors (Lipinski definition) is 3. The third kappa shape index (κ3) is 2.07. The first-order chi connectivity index (χ1) is 8.83. The number of amides is 1. The monoisotopic (exact) mass is 242 g/mol. The molecule has 1 aromatic carbocycles. The molecule has 2 aromatic rings. The molecule has 0 saturated carbocycles. The van der Waals surface area contributed by atoms with Crippen molar-refractivity contribution in [2.24, 2.45) is 0 Å². The molecule has 0 saturated heterocycles. The van der Waals surface area contributed by atoms with Crippen LogP contribution in [0.2, 0.25) is 0 Å². The van der Waals surface area contributed by atoms with E-state index in [1.807, 2.05) is 18.2 Å². The lowest BCUT2D eigenvalue weighted by Gasteiger charge is -2.09. The Kier molecular flexibility index (Phi) is 2.72. The lowest BCUT2D eigenvalue weighted by molar-refractivity contribution is -0.116. The van der Waals surface area contributed by atoms with Crippen molar-refractivity contribution in [3.05, 3.63) is 42.2 Å². The van der Waals surface area contributed by atoms with Gasteiger partial charge in [-0.1, -0.05) is 18.2 Å². The summed E-state index contributed by atoms with van der Waals surface area (Å²) in [6.07, 6.45) is 3.74. The van der Waals surface area contributed by atoms with Gasteiger partial charge in [-0.15, -0.1) is 0 Å². The zero-order valence-electron chi connectivity index (χ0n) is 9.81. The lowest BCUT2D eigenvalue weighted by atomic mass is 9.97. The zero-order valence-corrected chi connectivity index (χ0v) is 9.81. The molecule has 92 valence electrons. The fourth-order valence-corrected chi connectivity index (χ4v) is 2.29. The Bertz CT molecular complexity index is 550. The number of para-hydroxylation sites is 1. The molecule has 5 nitrogen and oxygen atoms in total. The smallest absolute Gasteiger partial charge is 0.225 e. The van der Waals surface area contributed by atoms with Gasteiger partial charge in [0.1, 0.15) is 0 Å². The number of carbonyl (C=O) groups excluding carboxylic acids is 1. The van der Waals surface area contributed by atoms with Crippen LogP contribution in [0.3, 0.4) is 0 Å². The van der Waals surface area contributed by atoms with Crippen LogP contribution in [-0.4, -0.2) is 22.6 Å². The number of benzene rings is 1. The summed E-state index contributed by atoms with van der Waals surface area (Å²) < 4.78 is 0. The molecule has 0 radical (unpaired) electrons. The maximum Gasteiger partial charge on any atom is 0.225 e. The zero-order chi connectivity index (χ0) is 12.4. The molecule has 1 amide bonds. The predicted molar refractivity (Wildman–Crippen MR) is 69.5 cm³/mol. The minimum atomic E-state index is 0.0138. The van der Waals surface area contributed by atoms with Crippen LogP contribution in [0.25, 0.3) is 0 Å². The van der Waals surface area contributed by atoms with Crippen LogP contribution in [0, 0.1) is 0 Å². The summed E-state index contributed by atoms with van der Waals surface area (Å²) in [6, 6.07) is 8.13. The number of rotatable bonds is 3. The van der Waals surface area contributed by atoms with Crippen molar-refractivity contribution in [1.82, 2.24) is 10.2 Å². The first-order valence-electron chi connectivity index (χ1n) is 5.94. The molecule has 1 aliphatic heterocycles. The molecule has 18 heavy (non-hydrogen) atoms. The topological polar surface area (TPSA) is 69.8 Å². The van der Waals surface area contributed by atoms with E-state index in [2.05, 4.69) is 26.9 Å². The van der Waals surface area contributed by atoms with E-state index < -0.39 is 0 Å². The van der Waals surface area contributed by atoms with Gasteiger partial charge in [-0.2, -0.15) is 5.10 Å². The molecular weight excluding hydrogens is 228 g/mol. The Morgan fingerprint density at radius 1 is 1.44 bits per heavy atom. The SMILES string of the molecule is O=C(CC1CNc2ccccc21)Nc1cn[nH]c1. The average Bonchev–Trinajstić information content (AvgIpc) is 3.00. The predicted octanol–water partition coefficient (Wildman–Crippen LogP) is 1.95. The minimum Gasteiger partial charge on any atom is -0.384 e. The highest BCUT2D eigenvalue weighted by molar-refractivity contribution is 5.91. The molecule has 3 N–H and O–H groups in total. The van der Waals surface area contributed by atoms with Crippen LogP contribution in [0.5, 0.6) is 0 Å². The van der Waals surface area contributed by atoms with Crippen LogP contribution in [0.15, 0.2) is 36.7 Å². The van der Waals surface area contributed by atoms with Crippen molar-refractivity contribution < 1.29 is 4.79 Å². The Balaban J connectivity index is 1.66. The van der Waals surface area contributed by atoms with Crippen molar-refractivity contribution in [2.75, 3.05) is 17.2 Å². The molecule has 1 atom stereocenters. The maximum absolute atomic E-state index is 11.9. The van der Waals surface area contributed by atoms with Gasteiger partial charge in [-0.05, 0) is 11.6 Å². The second kappa shape index (κ2) is 4.52. The molecule has 1 aliphatic rings. The first-order valence-corrected chi connectivity index (χ1v) is 5.94. The number of H-pyrrole nitrogens is 1. The van der Waals surface area contributed by atoms with Crippen molar-refractivity contribution in [1.29, 1.82) is 0 Å². The van der Waals surface area contributed by atoms with Gasteiger partial charge in [0, 0.05) is 30.8 Å². The van der Waals surface area contributed by atoms with Crippen molar-refractivity contribution in [3.8, 4) is 0 Å². The lowest BCUT2D eigenvalue weighted by Crippen LogP contribution is -2.16. The van der Waals surface area contributed by atoms with E-state index in [0.29, 0.717) is 12.1 Å². The van der Waals surface area contributed by atoms with Crippen LogP contribution >= 0.6 is 0 Å². The molecule has 2 heterocycles. The van der Waals surface area contributed by atoms with E-state index in [4.69, 9.17) is 0 Å². The summed E-state index contributed by atoms with van der Waals surface area (Å²) in [5.74, 6) is 0.257. The average molecular weight is 242 g/mol. The van der Waals surface area contributed by atoms with Crippen molar-refractivity contribution in [2.45, 2.75) is 12.3 Å². The number of anilines is 2. The van der Waals surface area contributed by atoms with Gasteiger partial charge in [-0.25, -0.2) is 0 Å². The van der Waals surface area contributed by atoms with Gasteiger partial charge in [0.15, 0.2) is 0 Å². The summed E-state index contributed by atoms with van der Waals surface area (Å²) >= 11 is 0. The Labute approximate surface area is 105 Å². The largest absolute Gasteiger partial charge is 0.384 e. The molecule has 3 rings (SSSR count). The number of nitrogens with one attached hydrogen (secondary N) is 3.